The second-order valence-electron chi connectivity index (χ2n) is 7.06. The lowest BCUT2D eigenvalue weighted by molar-refractivity contribution is -0.124. The van der Waals surface area contributed by atoms with Crippen LogP contribution in [0, 0.1) is 11.6 Å². The highest BCUT2D eigenvalue weighted by Gasteiger charge is 2.18. The van der Waals surface area contributed by atoms with Gasteiger partial charge in [0.05, 0.1) is 16.5 Å². The normalized spacial score (nSPS) is 12.0. The number of nitrogens with one attached hydrogen (secondary N) is 2. The smallest absolute Gasteiger partial charge is 0.338 e. The molecule has 0 unspecified atom stereocenters. The molecular weight excluding hydrogens is 454 g/mol. The monoisotopic (exact) mass is 474 g/mol. The summed E-state index contributed by atoms with van der Waals surface area (Å²) >= 11 is 0. The Hall–Kier alpha value is -3.79. The van der Waals surface area contributed by atoms with E-state index in [1.165, 1.54) is 54.6 Å². The first kappa shape index (κ1) is 23.9. The molecule has 0 aliphatic rings. The van der Waals surface area contributed by atoms with Crippen LogP contribution in [0.15, 0.2) is 77.7 Å². The first-order valence-electron chi connectivity index (χ1n) is 9.74. The molecule has 3 aromatic carbocycles. The number of rotatable bonds is 8. The summed E-state index contributed by atoms with van der Waals surface area (Å²) in [6.45, 7) is 1.10. The molecule has 1 amide bonds. The number of esters is 1. The largest absolute Gasteiger partial charge is 0.452 e. The Morgan fingerprint density at radius 1 is 0.939 bits per heavy atom. The van der Waals surface area contributed by atoms with E-state index in [4.69, 9.17) is 4.74 Å². The average Bonchev–Trinajstić information content (AvgIpc) is 2.79. The quantitative estimate of drug-likeness (QED) is 0.484. The number of ether oxygens (including phenoxy) is 1. The summed E-state index contributed by atoms with van der Waals surface area (Å²) in [6.07, 6.45) is 0. The third-order valence-corrected chi connectivity index (χ3v) is 5.94. The van der Waals surface area contributed by atoms with Crippen molar-refractivity contribution in [3.05, 3.63) is 95.6 Å². The van der Waals surface area contributed by atoms with Gasteiger partial charge in [0.15, 0.2) is 6.61 Å². The van der Waals surface area contributed by atoms with Crippen molar-refractivity contribution in [1.29, 1.82) is 0 Å². The second kappa shape index (κ2) is 10.2. The van der Waals surface area contributed by atoms with Gasteiger partial charge in [-0.1, -0.05) is 18.2 Å². The lowest BCUT2D eigenvalue weighted by Crippen LogP contribution is -2.31. The Bertz CT molecular complexity index is 1250. The van der Waals surface area contributed by atoms with Crippen molar-refractivity contribution in [2.45, 2.75) is 17.9 Å². The maximum atomic E-state index is 13.0. The molecule has 0 heterocycles. The van der Waals surface area contributed by atoms with Crippen molar-refractivity contribution in [2.24, 2.45) is 0 Å². The van der Waals surface area contributed by atoms with Gasteiger partial charge in [0, 0.05) is 5.69 Å². The number of hydrogen-bond donors (Lipinski definition) is 2. The van der Waals surface area contributed by atoms with E-state index in [0.717, 1.165) is 18.2 Å². The van der Waals surface area contributed by atoms with Crippen molar-refractivity contribution in [1.82, 2.24) is 5.32 Å². The van der Waals surface area contributed by atoms with Crippen molar-refractivity contribution in [2.75, 3.05) is 11.3 Å². The van der Waals surface area contributed by atoms with Crippen LogP contribution in [0.4, 0.5) is 14.5 Å². The Kier molecular flexibility index (Phi) is 7.39. The molecule has 0 aliphatic carbocycles. The van der Waals surface area contributed by atoms with E-state index in [1.807, 2.05) is 0 Å². The van der Waals surface area contributed by atoms with Crippen LogP contribution in [0.2, 0.25) is 0 Å². The van der Waals surface area contributed by atoms with Gasteiger partial charge in [-0.05, 0) is 67.1 Å². The van der Waals surface area contributed by atoms with E-state index in [2.05, 4.69) is 10.0 Å². The number of halogens is 2. The fraction of sp³-hybridized carbons (Fsp3) is 0.130. The molecule has 0 saturated heterocycles. The fourth-order valence-corrected chi connectivity index (χ4v) is 3.96. The highest BCUT2D eigenvalue weighted by atomic mass is 32.2. The minimum atomic E-state index is -4.05. The molecule has 0 fully saturated rings. The number of carbonyl (C=O) groups excluding carboxylic acids is 2. The van der Waals surface area contributed by atoms with Gasteiger partial charge in [0.2, 0.25) is 0 Å². The molecule has 0 spiro atoms. The van der Waals surface area contributed by atoms with E-state index in [1.54, 1.807) is 6.92 Å². The summed E-state index contributed by atoms with van der Waals surface area (Å²) in [6, 6.07) is 15.0. The van der Waals surface area contributed by atoms with Gasteiger partial charge in [0.25, 0.3) is 15.9 Å². The zero-order valence-electron chi connectivity index (χ0n) is 17.4. The van der Waals surface area contributed by atoms with Crippen LogP contribution in [0.5, 0.6) is 0 Å². The minimum Gasteiger partial charge on any atom is -0.452 e. The number of sulfonamides is 1. The van der Waals surface area contributed by atoms with Crippen molar-refractivity contribution in [3.63, 3.8) is 0 Å². The van der Waals surface area contributed by atoms with Crippen LogP contribution in [0.25, 0.3) is 0 Å². The lowest BCUT2D eigenvalue weighted by Gasteiger charge is -2.14. The number of anilines is 1. The highest BCUT2D eigenvalue weighted by Crippen LogP contribution is 2.18. The number of benzene rings is 3. The molecule has 0 saturated carbocycles. The second-order valence-corrected chi connectivity index (χ2v) is 8.74. The van der Waals surface area contributed by atoms with Gasteiger partial charge in [0.1, 0.15) is 11.6 Å². The molecule has 1 atom stereocenters. The predicted octanol–water partition coefficient (Wildman–Crippen LogP) is 3.80. The third kappa shape index (κ3) is 6.59. The fourth-order valence-electron chi connectivity index (χ4n) is 2.85. The number of hydrogen-bond acceptors (Lipinski definition) is 5. The molecule has 7 nitrogen and oxygen atoms in total. The lowest BCUT2D eigenvalue weighted by atomic mass is 10.1. The Morgan fingerprint density at radius 3 is 2.18 bits per heavy atom. The SMILES string of the molecule is C[C@@H](NC(=O)COC(=O)c1cccc(S(=O)(=O)Nc2ccc(F)cc2)c1)c1ccc(F)cc1. The Morgan fingerprint density at radius 2 is 1.55 bits per heavy atom. The first-order chi connectivity index (χ1) is 15.6. The molecule has 3 rings (SSSR count). The van der Waals surface area contributed by atoms with Gasteiger partial charge in [-0.15, -0.1) is 0 Å². The van der Waals surface area contributed by atoms with Crippen LogP contribution in [0.3, 0.4) is 0 Å². The van der Waals surface area contributed by atoms with Crippen LogP contribution in [0.1, 0.15) is 28.9 Å². The topological polar surface area (TPSA) is 102 Å². The summed E-state index contributed by atoms with van der Waals surface area (Å²) < 4.78 is 58.4. The summed E-state index contributed by atoms with van der Waals surface area (Å²) in [5, 5.41) is 2.62. The van der Waals surface area contributed by atoms with Crippen LogP contribution < -0.4 is 10.0 Å². The average molecular weight is 474 g/mol. The molecule has 3 aromatic rings. The molecule has 10 heteroatoms. The summed E-state index contributed by atoms with van der Waals surface area (Å²) in [5.74, 6) is -2.39. The van der Waals surface area contributed by atoms with E-state index < -0.39 is 46.2 Å². The molecule has 0 aliphatic heterocycles. The molecule has 0 aromatic heterocycles. The van der Waals surface area contributed by atoms with Crippen LogP contribution in [-0.4, -0.2) is 26.9 Å². The molecule has 2 N–H and O–H groups in total. The number of amides is 1. The third-order valence-electron chi connectivity index (χ3n) is 4.56. The maximum Gasteiger partial charge on any atom is 0.338 e. The summed E-state index contributed by atoms with van der Waals surface area (Å²) in [7, 11) is -4.05. The van der Waals surface area contributed by atoms with E-state index in [-0.39, 0.29) is 16.1 Å². The predicted molar refractivity (Wildman–Crippen MR) is 117 cm³/mol. The van der Waals surface area contributed by atoms with E-state index >= 15 is 0 Å². The van der Waals surface area contributed by atoms with E-state index in [0.29, 0.717) is 5.56 Å². The van der Waals surface area contributed by atoms with Crippen LogP contribution >= 0.6 is 0 Å². The maximum absolute atomic E-state index is 13.0. The first-order valence-corrected chi connectivity index (χ1v) is 11.2. The Balaban J connectivity index is 1.60. The van der Waals surface area contributed by atoms with Gasteiger partial charge >= 0.3 is 5.97 Å². The van der Waals surface area contributed by atoms with Crippen LogP contribution in [-0.2, 0) is 19.6 Å². The van der Waals surface area contributed by atoms with Crippen molar-refractivity contribution < 1.29 is 31.5 Å². The molecule has 33 heavy (non-hydrogen) atoms. The summed E-state index contributed by atoms with van der Waals surface area (Å²) in [5.41, 5.74) is 0.746. The zero-order valence-corrected chi connectivity index (χ0v) is 18.2. The zero-order chi connectivity index (χ0) is 24.0. The van der Waals surface area contributed by atoms with Gasteiger partial charge < -0.3 is 10.1 Å². The molecule has 0 radical (unpaired) electrons. The molecule has 0 bridgehead atoms. The van der Waals surface area contributed by atoms with Crippen molar-refractivity contribution >= 4 is 27.6 Å². The van der Waals surface area contributed by atoms with Gasteiger partial charge in [-0.3, -0.25) is 9.52 Å². The highest BCUT2D eigenvalue weighted by molar-refractivity contribution is 7.92. The Labute approximate surface area is 189 Å². The minimum absolute atomic E-state index is 0.0728. The molecular formula is C23H20F2N2O5S. The van der Waals surface area contributed by atoms with E-state index in [9.17, 15) is 26.8 Å². The van der Waals surface area contributed by atoms with Gasteiger partial charge in [-0.2, -0.15) is 0 Å². The molecule has 172 valence electrons. The van der Waals surface area contributed by atoms with Crippen molar-refractivity contribution in [3.8, 4) is 0 Å². The number of carbonyl (C=O) groups is 2. The van der Waals surface area contributed by atoms with Gasteiger partial charge in [-0.25, -0.2) is 22.0 Å². The summed E-state index contributed by atoms with van der Waals surface area (Å²) in [4.78, 5) is 24.2. The standard InChI is InChI=1S/C23H20F2N2O5S/c1-15(16-5-7-18(24)8-6-16)26-22(28)14-32-23(29)17-3-2-4-21(13-17)33(30,31)27-20-11-9-19(25)10-12-20/h2-13,15,27H,14H2,1H3,(H,26,28)/t15-/m1/s1.